The van der Waals surface area contributed by atoms with Crippen molar-refractivity contribution in [3.8, 4) is 0 Å². The molecule has 0 aliphatic rings. The number of carboxylic acids is 1. The first-order valence-electron chi connectivity index (χ1n) is 7.34. The Hall–Kier alpha value is -2.12. The standard InChI is InChI=1S/C17H19N3O2S2/c1-11-7-8-18-15(9-11)20-17(23)19-14(10-16(21)22)12-3-5-13(24-2)6-4-12/h3-9,14H,10H2,1-2H3,(H,21,22)(H2,18,19,20,23). The third kappa shape index (κ3) is 5.50. The number of carbonyl (C=O) groups is 1. The van der Waals surface area contributed by atoms with E-state index in [1.807, 2.05) is 49.6 Å². The maximum Gasteiger partial charge on any atom is 0.305 e. The second kappa shape index (κ2) is 8.65. The van der Waals surface area contributed by atoms with E-state index in [0.717, 1.165) is 16.0 Å². The highest BCUT2D eigenvalue weighted by Gasteiger charge is 2.17. The Kier molecular flexibility index (Phi) is 6.57. The number of carboxylic acid groups (broad SMARTS) is 1. The molecule has 1 aromatic heterocycles. The van der Waals surface area contributed by atoms with Crippen LogP contribution >= 0.6 is 24.0 Å². The molecule has 0 saturated heterocycles. The van der Waals surface area contributed by atoms with Gasteiger partial charge in [0.1, 0.15) is 5.82 Å². The summed E-state index contributed by atoms with van der Waals surface area (Å²) >= 11 is 6.93. The van der Waals surface area contributed by atoms with Crippen LogP contribution in [0.4, 0.5) is 5.82 Å². The number of benzene rings is 1. The Morgan fingerprint density at radius 3 is 2.62 bits per heavy atom. The number of anilines is 1. The first-order valence-corrected chi connectivity index (χ1v) is 8.97. The van der Waals surface area contributed by atoms with Gasteiger partial charge in [0.2, 0.25) is 0 Å². The number of rotatable bonds is 6. The zero-order valence-corrected chi connectivity index (χ0v) is 15.1. The van der Waals surface area contributed by atoms with Gasteiger partial charge in [0.05, 0.1) is 12.5 Å². The van der Waals surface area contributed by atoms with Crippen molar-refractivity contribution in [3.63, 3.8) is 0 Å². The molecule has 126 valence electrons. The molecule has 2 aromatic rings. The minimum Gasteiger partial charge on any atom is -0.481 e. The van der Waals surface area contributed by atoms with Gasteiger partial charge in [0, 0.05) is 11.1 Å². The number of nitrogens with one attached hydrogen (secondary N) is 2. The maximum atomic E-state index is 11.2. The first-order chi connectivity index (χ1) is 11.5. The van der Waals surface area contributed by atoms with Gasteiger partial charge >= 0.3 is 5.97 Å². The molecule has 0 aliphatic heterocycles. The Labute approximate surface area is 150 Å². The van der Waals surface area contributed by atoms with Crippen molar-refractivity contribution >= 4 is 40.9 Å². The van der Waals surface area contributed by atoms with E-state index < -0.39 is 12.0 Å². The van der Waals surface area contributed by atoms with E-state index in [0.29, 0.717) is 10.9 Å². The van der Waals surface area contributed by atoms with E-state index in [1.165, 1.54) is 0 Å². The van der Waals surface area contributed by atoms with Crippen molar-refractivity contribution in [2.75, 3.05) is 11.6 Å². The quantitative estimate of drug-likeness (QED) is 0.536. The molecule has 5 nitrogen and oxygen atoms in total. The molecule has 0 amide bonds. The highest BCUT2D eigenvalue weighted by molar-refractivity contribution is 7.98. The molecule has 2 rings (SSSR count). The predicted octanol–water partition coefficient (Wildman–Crippen LogP) is 3.61. The molecule has 0 fully saturated rings. The van der Waals surface area contributed by atoms with E-state index >= 15 is 0 Å². The van der Waals surface area contributed by atoms with Crippen molar-refractivity contribution in [2.24, 2.45) is 0 Å². The summed E-state index contributed by atoms with van der Waals surface area (Å²) in [6, 6.07) is 11.1. The van der Waals surface area contributed by atoms with Crippen molar-refractivity contribution in [1.29, 1.82) is 0 Å². The van der Waals surface area contributed by atoms with Crippen LogP contribution in [-0.2, 0) is 4.79 Å². The lowest BCUT2D eigenvalue weighted by atomic mass is 10.0. The number of hydrogen-bond acceptors (Lipinski definition) is 4. The summed E-state index contributed by atoms with van der Waals surface area (Å²) in [6.45, 7) is 1.96. The summed E-state index contributed by atoms with van der Waals surface area (Å²) in [5.41, 5.74) is 1.93. The summed E-state index contributed by atoms with van der Waals surface area (Å²) in [5.74, 6) is -0.266. The first kappa shape index (κ1) is 18.2. The zero-order valence-electron chi connectivity index (χ0n) is 13.4. The Morgan fingerprint density at radius 1 is 1.33 bits per heavy atom. The van der Waals surface area contributed by atoms with Crippen LogP contribution in [-0.4, -0.2) is 27.4 Å². The van der Waals surface area contributed by atoms with Crippen LogP contribution in [0.3, 0.4) is 0 Å². The average molecular weight is 361 g/mol. The molecule has 0 radical (unpaired) electrons. The predicted molar refractivity (Wildman–Crippen MR) is 102 cm³/mol. The fourth-order valence-corrected chi connectivity index (χ4v) is 2.83. The molecule has 7 heteroatoms. The molecule has 0 aliphatic carbocycles. The number of hydrogen-bond donors (Lipinski definition) is 3. The van der Waals surface area contributed by atoms with Crippen LogP contribution in [0.25, 0.3) is 0 Å². The minimum absolute atomic E-state index is 0.0678. The third-order valence-electron chi connectivity index (χ3n) is 3.36. The van der Waals surface area contributed by atoms with Crippen LogP contribution < -0.4 is 10.6 Å². The van der Waals surface area contributed by atoms with Crippen LogP contribution in [0.2, 0.25) is 0 Å². The number of aromatic nitrogens is 1. The lowest BCUT2D eigenvalue weighted by Crippen LogP contribution is -2.33. The topological polar surface area (TPSA) is 74.2 Å². The second-order valence-corrected chi connectivity index (χ2v) is 6.53. The minimum atomic E-state index is -0.891. The maximum absolute atomic E-state index is 11.2. The molecule has 1 unspecified atom stereocenters. The van der Waals surface area contributed by atoms with Crippen molar-refractivity contribution in [1.82, 2.24) is 10.3 Å². The highest BCUT2D eigenvalue weighted by Crippen LogP contribution is 2.21. The van der Waals surface area contributed by atoms with Gasteiger partial charge in [-0.2, -0.15) is 0 Å². The van der Waals surface area contributed by atoms with Crippen LogP contribution in [0.5, 0.6) is 0 Å². The summed E-state index contributed by atoms with van der Waals surface area (Å²) in [6.07, 6.45) is 3.62. The number of nitrogens with zero attached hydrogens (tertiary/aromatic N) is 1. The second-order valence-electron chi connectivity index (χ2n) is 5.24. The van der Waals surface area contributed by atoms with E-state index in [2.05, 4.69) is 15.6 Å². The summed E-state index contributed by atoms with van der Waals surface area (Å²) in [5, 5.41) is 15.6. The number of aryl methyl sites for hydroxylation is 1. The molecule has 0 bridgehead atoms. The van der Waals surface area contributed by atoms with Crippen molar-refractivity contribution in [3.05, 3.63) is 53.7 Å². The molecular weight excluding hydrogens is 342 g/mol. The van der Waals surface area contributed by atoms with Gasteiger partial charge in [-0.3, -0.25) is 4.79 Å². The zero-order chi connectivity index (χ0) is 17.5. The van der Waals surface area contributed by atoms with Gasteiger partial charge in [-0.1, -0.05) is 12.1 Å². The monoisotopic (exact) mass is 361 g/mol. The SMILES string of the molecule is CSc1ccc(C(CC(=O)O)NC(=S)Nc2cc(C)ccn2)cc1. The smallest absolute Gasteiger partial charge is 0.305 e. The molecule has 24 heavy (non-hydrogen) atoms. The summed E-state index contributed by atoms with van der Waals surface area (Å²) < 4.78 is 0. The fraction of sp³-hybridized carbons (Fsp3) is 0.235. The molecule has 0 saturated carbocycles. The van der Waals surface area contributed by atoms with Gasteiger partial charge in [-0.05, 0) is 60.8 Å². The van der Waals surface area contributed by atoms with Crippen molar-refractivity contribution < 1.29 is 9.90 Å². The number of pyridine rings is 1. The molecule has 1 atom stereocenters. The normalized spacial score (nSPS) is 11.6. The summed E-state index contributed by atoms with van der Waals surface area (Å²) in [4.78, 5) is 16.5. The van der Waals surface area contributed by atoms with Gasteiger partial charge in [-0.25, -0.2) is 4.98 Å². The van der Waals surface area contributed by atoms with Crippen molar-refractivity contribution in [2.45, 2.75) is 24.3 Å². The van der Waals surface area contributed by atoms with Gasteiger partial charge in [0.25, 0.3) is 0 Å². The molecule has 3 N–H and O–H groups in total. The van der Waals surface area contributed by atoms with E-state index in [-0.39, 0.29) is 6.42 Å². The Bertz CT molecular complexity index is 720. The number of aliphatic carboxylic acids is 1. The largest absolute Gasteiger partial charge is 0.481 e. The Morgan fingerprint density at radius 2 is 2.04 bits per heavy atom. The highest BCUT2D eigenvalue weighted by atomic mass is 32.2. The molecule has 1 heterocycles. The molecular formula is C17H19N3O2S2. The lowest BCUT2D eigenvalue weighted by Gasteiger charge is -2.20. The molecule has 1 aromatic carbocycles. The van der Waals surface area contributed by atoms with Crippen LogP contribution in [0, 0.1) is 6.92 Å². The third-order valence-corrected chi connectivity index (χ3v) is 4.32. The average Bonchev–Trinajstić information content (AvgIpc) is 2.54. The van der Waals surface area contributed by atoms with E-state index in [1.54, 1.807) is 18.0 Å². The Balaban J connectivity index is 2.09. The number of thioether (sulfide) groups is 1. The summed E-state index contributed by atoms with van der Waals surface area (Å²) in [7, 11) is 0. The van der Waals surface area contributed by atoms with Gasteiger partial charge < -0.3 is 15.7 Å². The van der Waals surface area contributed by atoms with Crippen LogP contribution in [0.1, 0.15) is 23.6 Å². The molecule has 0 spiro atoms. The van der Waals surface area contributed by atoms with Crippen LogP contribution in [0.15, 0.2) is 47.5 Å². The lowest BCUT2D eigenvalue weighted by molar-refractivity contribution is -0.137. The van der Waals surface area contributed by atoms with Gasteiger partial charge in [0.15, 0.2) is 5.11 Å². The van der Waals surface area contributed by atoms with E-state index in [4.69, 9.17) is 17.3 Å². The fourth-order valence-electron chi connectivity index (χ4n) is 2.18. The van der Waals surface area contributed by atoms with Gasteiger partial charge in [-0.15, -0.1) is 11.8 Å². The van der Waals surface area contributed by atoms with E-state index in [9.17, 15) is 4.79 Å². The number of thiocarbonyl (C=S) groups is 1.